The van der Waals surface area contributed by atoms with E-state index in [-0.39, 0.29) is 12.2 Å². The zero-order chi connectivity index (χ0) is 19.5. The number of nitrogens with zero attached hydrogens (tertiary/aromatic N) is 2. The number of carbonyl (C=O) groups is 1. The van der Waals surface area contributed by atoms with Crippen LogP contribution >= 0.6 is 11.3 Å². The molecule has 0 saturated carbocycles. The monoisotopic (exact) mass is 396 g/mol. The van der Waals surface area contributed by atoms with Gasteiger partial charge in [-0.05, 0) is 23.8 Å². The summed E-state index contributed by atoms with van der Waals surface area (Å²) in [6.45, 7) is -0.0817. The molecule has 2 aromatic carbocycles. The molecule has 0 aliphatic carbocycles. The van der Waals surface area contributed by atoms with Crippen molar-refractivity contribution in [2.75, 3.05) is 17.2 Å². The Kier molecular flexibility index (Phi) is 4.94. The highest BCUT2D eigenvalue weighted by Crippen LogP contribution is 2.34. The Hall–Kier alpha value is -3.39. The molecule has 2 aromatic heterocycles. The van der Waals surface area contributed by atoms with E-state index >= 15 is 0 Å². The fraction of sp³-hybridized carbons (Fsp3) is 0.0500. The maximum absolute atomic E-state index is 13.2. The SMILES string of the molecule is O=C(CNc1ncnc2sc(-c3ccccc3)cc12)Nc1ccc(F)c(F)c1. The molecule has 4 rings (SSSR count). The first kappa shape index (κ1) is 18.0. The van der Waals surface area contributed by atoms with Gasteiger partial charge in [0, 0.05) is 16.6 Å². The molecule has 0 fully saturated rings. The first-order valence-electron chi connectivity index (χ1n) is 8.39. The first-order valence-corrected chi connectivity index (χ1v) is 9.20. The highest BCUT2D eigenvalue weighted by Gasteiger charge is 2.12. The molecule has 0 radical (unpaired) electrons. The molecule has 0 saturated heterocycles. The molecule has 28 heavy (non-hydrogen) atoms. The van der Waals surface area contributed by atoms with Gasteiger partial charge in [0.15, 0.2) is 11.6 Å². The zero-order valence-corrected chi connectivity index (χ0v) is 15.3. The summed E-state index contributed by atoms with van der Waals surface area (Å²) in [4.78, 5) is 22.5. The number of benzene rings is 2. The summed E-state index contributed by atoms with van der Waals surface area (Å²) in [6, 6.07) is 15.1. The number of rotatable bonds is 5. The molecule has 0 bridgehead atoms. The summed E-state index contributed by atoms with van der Waals surface area (Å²) < 4.78 is 26.2. The van der Waals surface area contributed by atoms with E-state index < -0.39 is 17.5 Å². The number of aromatic nitrogens is 2. The van der Waals surface area contributed by atoms with Crippen molar-refractivity contribution in [3.05, 3.63) is 72.6 Å². The van der Waals surface area contributed by atoms with Crippen molar-refractivity contribution in [2.45, 2.75) is 0 Å². The number of anilines is 2. The summed E-state index contributed by atoms with van der Waals surface area (Å²) in [6.07, 6.45) is 1.43. The fourth-order valence-electron chi connectivity index (χ4n) is 2.68. The Morgan fingerprint density at radius 3 is 2.61 bits per heavy atom. The van der Waals surface area contributed by atoms with Gasteiger partial charge in [0.25, 0.3) is 0 Å². The summed E-state index contributed by atoms with van der Waals surface area (Å²) in [7, 11) is 0. The quantitative estimate of drug-likeness (QED) is 0.514. The average molecular weight is 396 g/mol. The molecule has 2 heterocycles. The van der Waals surface area contributed by atoms with Gasteiger partial charge in [-0.2, -0.15) is 0 Å². The number of hydrogen-bond donors (Lipinski definition) is 2. The number of amides is 1. The zero-order valence-electron chi connectivity index (χ0n) is 14.4. The molecule has 2 N–H and O–H groups in total. The summed E-state index contributed by atoms with van der Waals surface area (Å²) in [5, 5.41) is 6.30. The second-order valence-electron chi connectivity index (χ2n) is 5.95. The third-order valence-electron chi connectivity index (χ3n) is 4.01. The van der Waals surface area contributed by atoms with Crippen molar-refractivity contribution >= 4 is 39.0 Å². The van der Waals surface area contributed by atoms with Gasteiger partial charge in [-0.3, -0.25) is 4.79 Å². The standard InChI is InChI=1S/C20H14F2N4OS/c21-15-7-6-13(8-16(15)22)26-18(27)10-23-19-14-9-17(12-4-2-1-3-5-12)28-20(14)25-11-24-19/h1-9,11H,10H2,(H,26,27)(H,23,24,25). The van der Waals surface area contributed by atoms with E-state index in [2.05, 4.69) is 20.6 Å². The van der Waals surface area contributed by atoms with Gasteiger partial charge in [0.05, 0.1) is 11.9 Å². The third kappa shape index (κ3) is 3.81. The second-order valence-corrected chi connectivity index (χ2v) is 6.98. The topological polar surface area (TPSA) is 66.9 Å². The highest BCUT2D eigenvalue weighted by atomic mass is 32.1. The van der Waals surface area contributed by atoms with Crippen molar-refractivity contribution in [2.24, 2.45) is 0 Å². The maximum Gasteiger partial charge on any atom is 0.243 e. The Morgan fingerprint density at radius 1 is 1.00 bits per heavy atom. The van der Waals surface area contributed by atoms with E-state index in [1.54, 1.807) is 0 Å². The van der Waals surface area contributed by atoms with Crippen molar-refractivity contribution in [3.8, 4) is 10.4 Å². The van der Waals surface area contributed by atoms with Crippen LogP contribution in [0.5, 0.6) is 0 Å². The minimum atomic E-state index is -1.02. The Labute approximate surface area is 163 Å². The van der Waals surface area contributed by atoms with Crippen molar-refractivity contribution < 1.29 is 13.6 Å². The second kappa shape index (κ2) is 7.69. The van der Waals surface area contributed by atoms with Gasteiger partial charge in [0.1, 0.15) is 17.0 Å². The molecule has 0 aliphatic rings. The number of carbonyl (C=O) groups excluding carboxylic acids is 1. The first-order chi connectivity index (χ1) is 13.6. The molecule has 0 atom stereocenters. The minimum Gasteiger partial charge on any atom is -0.360 e. The lowest BCUT2D eigenvalue weighted by Gasteiger charge is -2.08. The van der Waals surface area contributed by atoms with Crippen molar-refractivity contribution in [1.29, 1.82) is 0 Å². The van der Waals surface area contributed by atoms with Crippen LogP contribution in [-0.2, 0) is 4.79 Å². The molecular weight excluding hydrogens is 382 g/mol. The Morgan fingerprint density at radius 2 is 1.82 bits per heavy atom. The van der Waals surface area contributed by atoms with Crippen LogP contribution in [0.25, 0.3) is 20.7 Å². The molecule has 4 aromatic rings. The van der Waals surface area contributed by atoms with E-state index in [1.165, 1.54) is 23.7 Å². The third-order valence-corrected chi connectivity index (χ3v) is 5.10. The van der Waals surface area contributed by atoms with Crippen molar-refractivity contribution in [1.82, 2.24) is 9.97 Å². The van der Waals surface area contributed by atoms with Crippen LogP contribution in [0.15, 0.2) is 60.9 Å². The van der Waals surface area contributed by atoms with E-state index in [4.69, 9.17) is 0 Å². The predicted molar refractivity (Wildman–Crippen MR) is 106 cm³/mol. The van der Waals surface area contributed by atoms with Gasteiger partial charge in [-0.1, -0.05) is 30.3 Å². The molecule has 0 spiro atoms. The lowest BCUT2D eigenvalue weighted by Crippen LogP contribution is -2.22. The number of fused-ring (bicyclic) bond motifs is 1. The van der Waals surface area contributed by atoms with Gasteiger partial charge in [-0.15, -0.1) is 11.3 Å². The van der Waals surface area contributed by atoms with Crippen LogP contribution < -0.4 is 10.6 Å². The van der Waals surface area contributed by atoms with Crippen LogP contribution in [0.4, 0.5) is 20.3 Å². The Balaban J connectivity index is 1.49. The fourth-order valence-corrected chi connectivity index (χ4v) is 3.69. The number of thiophene rings is 1. The minimum absolute atomic E-state index is 0.0817. The number of hydrogen-bond acceptors (Lipinski definition) is 5. The number of halogens is 2. The van der Waals surface area contributed by atoms with Gasteiger partial charge in [0.2, 0.25) is 5.91 Å². The van der Waals surface area contributed by atoms with Crippen LogP contribution in [0.1, 0.15) is 0 Å². The Bertz CT molecular complexity index is 1150. The molecule has 0 aliphatic heterocycles. The summed E-state index contributed by atoms with van der Waals surface area (Å²) in [5.41, 5.74) is 1.26. The van der Waals surface area contributed by atoms with E-state index in [0.29, 0.717) is 5.82 Å². The average Bonchev–Trinajstić information content (AvgIpc) is 3.15. The maximum atomic E-state index is 13.2. The highest BCUT2D eigenvalue weighted by molar-refractivity contribution is 7.21. The summed E-state index contributed by atoms with van der Waals surface area (Å²) in [5.74, 6) is -1.86. The van der Waals surface area contributed by atoms with Crippen LogP contribution in [0.3, 0.4) is 0 Å². The van der Waals surface area contributed by atoms with Crippen LogP contribution in [-0.4, -0.2) is 22.4 Å². The molecule has 140 valence electrons. The van der Waals surface area contributed by atoms with Crippen LogP contribution in [0.2, 0.25) is 0 Å². The number of nitrogens with one attached hydrogen (secondary N) is 2. The lowest BCUT2D eigenvalue weighted by atomic mass is 10.2. The molecule has 8 heteroatoms. The van der Waals surface area contributed by atoms with E-state index in [1.807, 2.05) is 36.4 Å². The normalized spacial score (nSPS) is 10.8. The van der Waals surface area contributed by atoms with Gasteiger partial charge >= 0.3 is 0 Å². The van der Waals surface area contributed by atoms with E-state index in [9.17, 15) is 13.6 Å². The lowest BCUT2D eigenvalue weighted by molar-refractivity contribution is -0.114. The van der Waals surface area contributed by atoms with Crippen LogP contribution in [0, 0.1) is 11.6 Å². The molecular formula is C20H14F2N4OS. The van der Waals surface area contributed by atoms with Crippen molar-refractivity contribution in [3.63, 3.8) is 0 Å². The smallest absolute Gasteiger partial charge is 0.243 e. The van der Waals surface area contributed by atoms with Gasteiger partial charge in [-0.25, -0.2) is 18.7 Å². The molecule has 1 amide bonds. The largest absolute Gasteiger partial charge is 0.360 e. The summed E-state index contributed by atoms with van der Waals surface area (Å²) >= 11 is 1.54. The van der Waals surface area contributed by atoms with Gasteiger partial charge < -0.3 is 10.6 Å². The molecule has 0 unspecified atom stereocenters. The van der Waals surface area contributed by atoms with E-state index in [0.717, 1.165) is 32.8 Å². The predicted octanol–water partition coefficient (Wildman–Crippen LogP) is 4.69. The molecule has 5 nitrogen and oxygen atoms in total.